The highest BCUT2D eigenvalue weighted by atomic mass is 16.2. The van der Waals surface area contributed by atoms with E-state index in [1.54, 1.807) is 0 Å². The van der Waals surface area contributed by atoms with Crippen molar-refractivity contribution in [2.75, 3.05) is 0 Å². The lowest BCUT2D eigenvalue weighted by Gasteiger charge is -2.26. The summed E-state index contributed by atoms with van der Waals surface area (Å²) in [5.74, 6) is -0.627. The van der Waals surface area contributed by atoms with Crippen LogP contribution in [0, 0.1) is 11.8 Å². The van der Waals surface area contributed by atoms with Crippen molar-refractivity contribution in [3.8, 4) is 0 Å². The van der Waals surface area contributed by atoms with E-state index in [2.05, 4.69) is 11.4 Å². The molecule has 0 aromatic heterocycles. The molecule has 1 N–H and O–H groups in total. The minimum Gasteiger partial charge on any atom is -0.296 e. The zero-order chi connectivity index (χ0) is 11.8. The van der Waals surface area contributed by atoms with E-state index in [4.69, 9.17) is 0 Å². The molecular formula is C14H13NO2. The van der Waals surface area contributed by atoms with Gasteiger partial charge in [-0.25, -0.2) is 0 Å². The van der Waals surface area contributed by atoms with Gasteiger partial charge in [-0.2, -0.15) is 0 Å². The molecule has 17 heavy (non-hydrogen) atoms. The molecule has 2 amide bonds. The van der Waals surface area contributed by atoms with E-state index in [0.29, 0.717) is 6.42 Å². The van der Waals surface area contributed by atoms with Gasteiger partial charge in [0.05, 0.1) is 11.8 Å². The van der Waals surface area contributed by atoms with Crippen molar-refractivity contribution in [2.45, 2.75) is 12.3 Å². The number of hydrogen-bond acceptors (Lipinski definition) is 2. The maximum Gasteiger partial charge on any atom is 0.231 e. The summed E-state index contributed by atoms with van der Waals surface area (Å²) in [6.45, 7) is 0. The number of carbonyl (C=O) groups is 2. The number of imide groups is 1. The molecule has 1 aromatic carbocycles. The largest absolute Gasteiger partial charge is 0.296 e. The summed E-state index contributed by atoms with van der Waals surface area (Å²) in [6.07, 6.45) is 4.73. The Morgan fingerprint density at radius 1 is 1.06 bits per heavy atom. The molecule has 86 valence electrons. The predicted molar refractivity (Wildman–Crippen MR) is 63.1 cm³/mol. The highest BCUT2D eigenvalue weighted by molar-refractivity contribution is 6.05. The van der Waals surface area contributed by atoms with Gasteiger partial charge in [-0.1, -0.05) is 42.5 Å². The summed E-state index contributed by atoms with van der Waals surface area (Å²) < 4.78 is 0. The second-order valence-electron chi connectivity index (χ2n) is 4.59. The zero-order valence-corrected chi connectivity index (χ0v) is 9.30. The number of amides is 2. The standard InChI is InChI=1S/C14H13NO2/c16-13-11-8-4-7-10(12(11)14(17)15-13)9-5-2-1-3-6-9/h1-7,10-12H,8H2,(H,15,16,17). The highest BCUT2D eigenvalue weighted by Gasteiger charge is 2.46. The first-order valence-corrected chi connectivity index (χ1v) is 5.83. The maximum atomic E-state index is 11.8. The summed E-state index contributed by atoms with van der Waals surface area (Å²) in [5.41, 5.74) is 1.10. The average Bonchev–Trinajstić information content (AvgIpc) is 2.66. The molecule has 3 rings (SSSR count). The van der Waals surface area contributed by atoms with Crippen LogP contribution in [0.15, 0.2) is 42.5 Å². The minimum atomic E-state index is -0.227. The first kappa shape index (κ1) is 10.3. The lowest BCUT2D eigenvalue weighted by atomic mass is 9.74. The number of allylic oxidation sites excluding steroid dienone is 2. The minimum absolute atomic E-state index is 0.0291. The van der Waals surface area contributed by atoms with Crippen LogP contribution in [0.4, 0.5) is 0 Å². The van der Waals surface area contributed by atoms with Gasteiger partial charge in [0.1, 0.15) is 0 Å². The molecule has 3 nitrogen and oxygen atoms in total. The van der Waals surface area contributed by atoms with Gasteiger partial charge in [0, 0.05) is 5.92 Å². The predicted octanol–water partition coefficient (Wildman–Crippen LogP) is 1.62. The lowest BCUT2D eigenvalue weighted by molar-refractivity contribution is -0.126. The average molecular weight is 227 g/mol. The summed E-state index contributed by atoms with van der Waals surface area (Å²) in [5, 5.41) is 2.44. The van der Waals surface area contributed by atoms with Crippen LogP contribution in [-0.2, 0) is 9.59 Å². The molecule has 1 saturated heterocycles. The van der Waals surface area contributed by atoms with Gasteiger partial charge in [-0.05, 0) is 12.0 Å². The highest BCUT2D eigenvalue weighted by Crippen LogP contribution is 2.40. The Morgan fingerprint density at radius 3 is 2.59 bits per heavy atom. The molecule has 1 aliphatic heterocycles. The van der Waals surface area contributed by atoms with Gasteiger partial charge >= 0.3 is 0 Å². The second kappa shape index (κ2) is 3.84. The first-order valence-electron chi connectivity index (χ1n) is 5.83. The summed E-state index contributed by atoms with van der Waals surface area (Å²) in [4.78, 5) is 23.5. The van der Waals surface area contributed by atoms with Crippen molar-refractivity contribution in [3.63, 3.8) is 0 Å². The van der Waals surface area contributed by atoms with Gasteiger partial charge in [-0.3, -0.25) is 14.9 Å². The number of nitrogens with one attached hydrogen (secondary N) is 1. The van der Waals surface area contributed by atoms with Gasteiger partial charge in [-0.15, -0.1) is 0 Å². The van der Waals surface area contributed by atoms with E-state index in [0.717, 1.165) is 5.56 Å². The van der Waals surface area contributed by atoms with Crippen LogP contribution in [0.5, 0.6) is 0 Å². The lowest BCUT2D eigenvalue weighted by Crippen LogP contribution is -2.27. The Balaban J connectivity index is 2.00. The molecule has 1 aliphatic carbocycles. The molecule has 1 fully saturated rings. The molecule has 3 heteroatoms. The third kappa shape index (κ3) is 1.58. The normalized spacial score (nSPS) is 31.2. The quantitative estimate of drug-likeness (QED) is 0.585. The van der Waals surface area contributed by atoms with Crippen molar-refractivity contribution in [2.24, 2.45) is 11.8 Å². The molecule has 0 radical (unpaired) electrons. The van der Waals surface area contributed by atoms with Crippen LogP contribution in [0.2, 0.25) is 0 Å². The molecule has 1 aromatic rings. The SMILES string of the molecule is O=C1NC(=O)C2C1CC=CC2c1ccccc1. The molecule has 0 spiro atoms. The van der Waals surface area contributed by atoms with Crippen molar-refractivity contribution in [1.29, 1.82) is 0 Å². The fourth-order valence-corrected chi connectivity index (χ4v) is 2.80. The van der Waals surface area contributed by atoms with E-state index in [-0.39, 0.29) is 29.6 Å². The number of carbonyl (C=O) groups excluding carboxylic acids is 2. The molecule has 0 bridgehead atoms. The Labute approximate surface area is 99.5 Å². The zero-order valence-electron chi connectivity index (χ0n) is 9.30. The third-order valence-corrected chi connectivity index (χ3v) is 3.62. The molecule has 3 unspecified atom stereocenters. The van der Waals surface area contributed by atoms with E-state index in [9.17, 15) is 9.59 Å². The third-order valence-electron chi connectivity index (χ3n) is 3.62. The van der Waals surface area contributed by atoms with E-state index < -0.39 is 0 Å². The second-order valence-corrected chi connectivity index (χ2v) is 4.59. The molecular weight excluding hydrogens is 214 g/mol. The Bertz CT molecular complexity index is 492. The number of hydrogen-bond donors (Lipinski definition) is 1. The molecule has 2 aliphatic rings. The fourth-order valence-electron chi connectivity index (χ4n) is 2.80. The van der Waals surface area contributed by atoms with E-state index >= 15 is 0 Å². The summed E-state index contributed by atoms with van der Waals surface area (Å²) in [7, 11) is 0. The van der Waals surface area contributed by atoms with Gasteiger partial charge in [0.2, 0.25) is 11.8 Å². The Hall–Kier alpha value is -1.90. The molecule has 1 heterocycles. The van der Waals surface area contributed by atoms with Crippen LogP contribution in [-0.4, -0.2) is 11.8 Å². The van der Waals surface area contributed by atoms with Crippen molar-refractivity contribution < 1.29 is 9.59 Å². The Morgan fingerprint density at radius 2 is 1.82 bits per heavy atom. The van der Waals surface area contributed by atoms with Crippen LogP contribution in [0.25, 0.3) is 0 Å². The topological polar surface area (TPSA) is 46.2 Å². The number of rotatable bonds is 1. The van der Waals surface area contributed by atoms with Crippen LogP contribution in [0.1, 0.15) is 17.9 Å². The van der Waals surface area contributed by atoms with Crippen LogP contribution < -0.4 is 5.32 Å². The number of benzene rings is 1. The molecule has 3 atom stereocenters. The van der Waals surface area contributed by atoms with Gasteiger partial charge in [0.25, 0.3) is 0 Å². The van der Waals surface area contributed by atoms with Crippen molar-refractivity contribution in [1.82, 2.24) is 5.32 Å². The first-order chi connectivity index (χ1) is 8.27. The monoisotopic (exact) mass is 227 g/mol. The summed E-state index contributed by atoms with van der Waals surface area (Å²) in [6, 6.07) is 9.89. The van der Waals surface area contributed by atoms with Crippen LogP contribution >= 0.6 is 0 Å². The van der Waals surface area contributed by atoms with Gasteiger partial charge in [0.15, 0.2) is 0 Å². The van der Waals surface area contributed by atoms with Crippen LogP contribution in [0.3, 0.4) is 0 Å². The van der Waals surface area contributed by atoms with E-state index in [1.165, 1.54) is 0 Å². The molecule has 0 saturated carbocycles. The smallest absolute Gasteiger partial charge is 0.231 e. The van der Waals surface area contributed by atoms with Crippen molar-refractivity contribution in [3.05, 3.63) is 48.0 Å². The summed E-state index contributed by atoms with van der Waals surface area (Å²) >= 11 is 0. The maximum absolute atomic E-state index is 11.8. The van der Waals surface area contributed by atoms with Crippen molar-refractivity contribution >= 4 is 11.8 Å². The Kier molecular flexibility index (Phi) is 2.32. The van der Waals surface area contributed by atoms with E-state index in [1.807, 2.05) is 36.4 Å². The number of fused-ring (bicyclic) bond motifs is 1. The fraction of sp³-hybridized carbons (Fsp3) is 0.286. The van der Waals surface area contributed by atoms with Gasteiger partial charge < -0.3 is 0 Å².